The van der Waals surface area contributed by atoms with E-state index in [1.54, 1.807) is 0 Å². The predicted molar refractivity (Wildman–Crippen MR) is 47.8 cm³/mol. The van der Waals surface area contributed by atoms with Crippen molar-refractivity contribution in [3.05, 3.63) is 0 Å². The summed E-state index contributed by atoms with van der Waals surface area (Å²) >= 11 is 0. The Hall–Kier alpha value is -0.120. The molecule has 2 unspecified atom stereocenters. The van der Waals surface area contributed by atoms with E-state index in [1.807, 2.05) is 7.05 Å². The maximum atomic E-state index is 9.35. The number of likely N-dealkylation sites (N-methyl/N-ethyl adjacent to an activating group) is 1. The zero-order chi connectivity index (χ0) is 9.35. The van der Waals surface area contributed by atoms with Gasteiger partial charge in [-0.1, -0.05) is 20.8 Å². The largest absolute Gasteiger partial charge is 0.367 e. The highest BCUT2D eigenvalue weighted by Gasteiger charge is 2.32. The summed E-state index contributed by atoms with van der Waals surface area (Å²) < 4.78 is 5.44. The average molecular weight is 173 g/mol. The number of aliphatic hydroxyl groups is 1. The molecule has 1 heterocycles. The standard InChI is InChI=1S/C9H19NO2/c1-9(2,3)7-5-10(4)6-8(11)12-7/h7-8,11H,5-6H2,1-4H3. The number of rotatable bonds is 0. The molecule has 1 aliphatic heterocycles. The van der Waals surface area contributed by atoms with Gasteiger partial charge in [0.1, 0.15) is 0 Å². The molecule has 0 aromatic heterocycles. The van der Waals surface area contributed by atoms with Gasteiger partial charge < -0.3 is 9.84 Å². The van der Waals surface area contributed by atoms with Crippen molar-refractivity contribution in [3.8, 4) is 0 Å². The van der Waals surface area contributed by atoms with Crippen molar-refractivity contribution < 1.29 is 9.84 Å². The van der Waals surface area contributed by atoms with Gasteiger partial charge in [-0.2, -0.15) is 0 Å². The fourth-order valence-corrected chi connectivity index (χ4v) is 1.38. The number of nitrogens with zero attached hydrogens (tertiary/aromatic N) is 1. The number of hydrogen-bond donors (Lipinski definition) is 1. The van der Waals surface area contributed by atoms with Gasteiger partial charge >= 0.3 is 0 Å². The summed E-state index contributed by atoms with van der Waals surface area (Å²) in [7, 11) is 2.00. The molecule has 12 heavy (non-hydrogen) atoms. The molecule has 0 spiro atoms. The highest BCUT2D eigenvalue weighted by molar-refractivity contribution is 4.81. The summed E-state index contributed by atoms with van der Waals surface area (Å²) in [5.41, 5.74) is 0.107. The van der Waals surface area contributed by atoms with Crippen molar-refractivity contribution >= 4 is 0 Å². The van der Waals surface area contributed by atoms with Crippen LogP contribution in [0.3, 0.4) is 0 Å². The van der Waals surface area contributed by atoms with Crippen LogP contribution >= 0.6 is 0 Å². The van der Waals surface area contributed by atoms with E-state index in [-0.39, 0.29) is 11.5 Å². The molecule has 1 fully saturated rings. The summed E-state index contributed by atoms with van der Waals surface area (Å²) in [6.45, 7) is 7.91. The van der Waals surface area contributed by atoms with Gasteiger partial charge in [-0.25, -0.2) is 0 Å². The van der Waals surface area contributed by atoms with Crippen molar-refractivity contribution in [2.45, 2.75) is 33.2 Å². The number of hydrogen-bond acceptors (Lipinski definition) is 3. The minimum absolute atomic E-state index is 0.107. The van der Waals surface area contributed by atoms with E-state index >= 15 is 0 Å². The molecule has 1 aliphatic rings. The Bertz CT molecular complexity index is 143. The van der Waals surface area contributed by atoms with Crippen molar-refractivity contribution in [3.63, 3.8) is 0 Å². The van der Waals surface area contributed by atoms with Crippen molar-refractivity contribution in [1.29, 1.82) is 0 Å². The third kappa shape index (κ3) is 2.44. The third-order valence-electron chi connectivity index (χ3n) is 2.23. The van der Waals surface area contributed by atoms with Crippen molar-refractivity contribution in [2.24, 2.45) is 5.41 Å². The lowest BCUT2D eigenvalue weighted by atomic mass is 9.88. The summed E-state index contributed by atoms with van der Waals surface area (Å²) in [4.78, 5) is 2.10. The van der Waals surface area contributed by atoms with E-state index < -0.39 is 6.29 Å². The SMILES string of the molecule is CN1CC(O)OC(C(C)(C)C)C1. The second kappa shape index (κ2) is 3.32. The maximum absolute atomic E-state index is 9.35. The third-order valence-corrected chi connectivity index (χ3v) is 2.23. The van der Waals surface area contributed by atoms with Crippen LogP contribution in [0.4, 0.5) is 0 Å². The van der Waals surface area contributed by atoms with E-state index in [0.29, 0.717) is 6.54 Å². The highest BCUT2D eigenvalue weighted by atomic mass is 16.6. The first kappa shape index (κ1) is 9.96. The van der Waals surface area contributed by atoms with Gasteiger partial charge in [0.2, 0.25) is 0 Å². The molecule has 1 N–H and O–H groups in total. The average Bonchev–Trinajstić information content (AvgIpc) is 1.82. The van der Waals surface area contributed by atoms with E-state index in [9.17, 15) is 5.11 Å². The molecule has 3 nitrogen and oxygen atoms in total. The summed E-state index contributed by atoms with van der Waals surface area (Å²) in [5, 5.41) is 9.35. The Morgan fingerprint density at radius 3 is 2.33 bits per heavy atom. The van der Waals surface area contributed by atoms with Crippen LogP contribution in [-0.2, 0) is 4.74 Å². The topological polar surface area (TPSA) is 32.7 Å². The smallest absolute Gasteiger partial charge is 0.167 e. The van der Waals surface area contributed by atoms with Crippen LogP contribution in [0.25, 0.3) is 0 Å². The first-order chi connectivity index (χ1) is 5.39. The van der Waals surface area contributed by atoms with Crippen LogP contribution in [0, 0.1) is 5.41 Å². The van der Waals surface area contributed by atoms with Crippen molar-refractivity contribution in [1.82, 2.24) is 4.90 Å². The highest BCUT2D eigenvalue weighted by Crippen LogP contribution is 2.26. The minimum Gasteiger partial charge on any atom is -0.367 e. The summed E-state index contributed by atoms with van der Waals surface area (Å²) in [5.74, 6) is 0. The molecule has 0 aromatic carbocycles. The van der Waals surface area contributed by atoms with Crippen LogP contribution in [0.1, 0.15) is 20.8 Å². The van der Waals surface area contributed by atoms with Gasteiger partial charge in [-0.15, -0.1) is 0 Å². The summed E-state index contributed by atoms with van der Waals surface area (Å²) in [6, 6.07) is 0. The first-order valence-corrected chi connectivity index (χ1v) is 4.41. The van der Waals surface area contributed by atoms with Crippen LogP contribution in [0.5, 0.6) is 0 Å². The Morgan fingerprint density at radius 1 is 1.33 bits per heavy atom. The molecule has 72 valence electrons. The Labute approximate surface area is 74.3 Å². The molecule has 1 saturated heterocycles. The molecule has 0 aliphatic carbocycles. The fourth-order valence-electron chi connectivity index (χ4n) is 1.38. The maximum Gasteiger partial charge on any atom is 0.167 e. The summed E-state index contributed by atoms with van der Waals surface area (Å²) in [6.07, 6.45) is -0.487. The monoisotopic (exact) mass is 173 g/mol. The molecule has 0 bridgehead atoms. The number of aliphatic hydroxyl groups excluding tert-OH is 1. The fraction of sp³-hybridized carbons (Fsp3) is 1.00. The molecule has 0 radical (unpaired) electrons. The van der Waals surface area contributed by atoms with Gasteiger partial charge in [0, 0.05) is 13.1 Å². The second-order valence-corrected chi connectivity index (χ2v) is 4.67. The van der Waals surface area contributed by atoms with E-state index in [0.717, 1.165) is 6.54 Å². The molecule has 0 amide bonds. The molecule has 1 rings (SSSR count). The lowest BCUT2D eigenvalue weighted by Gasteiger charge is -2.40. The van der Waals surface area contributed by atoms with Gasteiger partial charge in [-0.05, 0) is 12.5 Å². The van der Waals surface area contributed by atoms with E-state index in [1.165, 1.54) is 0 Å². The lowest BCUT2D eigenvalue weighted by Crippen LogP contribution is -2.50. The minimum atomic E-state index is -0.618. The first-order valence-electron chi connectivity index (χ1n) is 4.41. The van der Waals surface area contributed by atoms with E-state index in [2.05, 4.69) is 25.7 Å². The molecular formula is C9H19NO2. The Kier molecular flexibility index (Phi) is 2.76. The number of morpholine rings is 1. The molecule has 0 aromatic rings. The Morgan fingerprint density at radius 2 is 1.92 bits per heavy atom. The zero-order valence-electron chi connectivity index (χ0n) is 8.37. The number of ether oxygens (including phenoxy) is 1. The number of β-amino-alcohol motifs (C(OH)–C–C–N with tert-alkyl or cyclic N) is 1. The van der Waals surface area contributed by atoms with Gasteiger partial charge in [0.15, 0.2) is 6.29 Å². The molecule has 0 saturated carbocycles. The molecular weight excluding hydrogens is 154 g/mol. The molecule has 3 heteroatoms. The normalized spacial score (nSPS) is 33.8. The quantitative estimate of drug-likeness (QED) is 0.585. The predicted octanol–water partition coefficient (Wildman–Crippen LogP) is 0.681. The zero-order valence-corrected chi connectivity index (χ0v) is 8.37. The Balaban J connectivity index is 2.55. The lowest BCUT2D eigenvalue weighted by molar-refractivity contribution is -0.204. The van der Waals surface area contributed by atoms with E-state index in [4.69, 9.17) is 4.74 Å². The van der Waals surface area contributed by atoms with Crippen LogP contribution in [-0.4, -0.2) is 42.5 Å². The molecule has 2 atom stereocenters. The van der Waals surface area contributed by atoms with Crippen LogP contribution in [0.15, 0.2) is 0 Å². The van der Waals surface area contributed by atoms with Crippen LogP contribution in [0.2, 0.25) is 0 Å². The van der Waals surface area contributed by atoms with Crippen molar-refractivity contribution in [2.75, 3.05) is 20.1 Å². The van der Waals surface area contributed by atoms with Gasteiger partial charge in [-0.3, -0.25) is 4.90 Å². The van der Waals surface area contributed by atoms with Gasteiger partial charge in [0.25, 0.3) is 0 Å². The second-order valence-electron chi connectivity index (χ2n) is 4.67. The van der Waals surface area contributed by atoms with Gasteiger partial charge in [0.05, 0.1) is 6.10 Å². The van der Waals surface area contributed by atoms with Crippen LogP contribution < -0.4 is 0 Å².